The molecule has 0 saturated heterocycles. The van der Waals surface area contributed by atoms with Crippen LogP contribution >= 0.6 is 27.0 Å². The minimum absolute atomic E-state index is 0.184. The lowest BCUT2D eigenvalue weighted by Crippen LogP contribution is -2.32. The highest BCUT2D eigenvalue weighted by atomic mass is 32.2. The van der Waals surface area contributed by atoms with Crippen LogP contribution in [0.25, 0.3) is 0 Å². The van der Waals surface area contributed by atoms with Gasteiger partial charge < -0.3 is 29.0 Å². The fourth-order valence-corrected chi connectivity index (χ4v) is 6.57. The van der Waals surface area contributed by atoms with Gasteiger partial charge in [0.05, 0.1) is 36.4 Å². The van der Waals surface area contributed by atoms with E-state index < -0.39 is 54.1 Å². The van der Waals surface area contributed by atoms with E-state index in [1.165, 1.54) is 21.1 Å². The Morgan fingerprint density at radius 2 is 1.24 bits per heavy atom. The molecule has 3 unspecified atom stereocenters. The fraction of sp³-hybridized carbons (Fsp3) is 0.909. The number of carbonyl (C=O) groups excluding carboxylic acids is 2. The molecule has 0 radical (unpaired) electrons. The average Bonchev–Trinajstić information content (AvgIpc) is 2.75. The fourth-order valence-electron chi connectivity index (χ4n) is 2.83. The van der Waals surface area contributed by atoms with Gasteiger partial charge in [-0.25, -0.2) is 0 Å². The number of hydrogen-bond donors (Lipinski definition) is 4. The lowest BCUT2D eigenvalue weighted by atomic mass is 9.97. The Kier molecular flexibility index (Phi) is 18.3. The molecule has 0 fully saturated rings. The van der Waals surface area contributed by atoms with E-state index in [4.69, 9.17) is 24.3 Å². The van der Waals surface area contributed by atoms with Gasteiger partial charge in [-0.05, 0) is 59.1 Å². The van der Waals surface area contributed by atoms with E-state index >= 15 is 0 Å². The molecule has 0 aliphatic carbocycles. The van der Waals surface area contributed by atoms with Crippen molar-refractivity contribution in [1.29, 1.82) is 0 Å². The van der Waals surface area contributed by atoms with Crippen molar-refractivity contribution in [3.63, 3.8) is 0 Å². The van der Waals surface area contributed by atoms with Gasteiger partial charge in [-0.2, -0.15) is 11.8 Å². The van der Waals surface area contributed by atoms with E-state index in [1.54, 1.807) is 32.5 Å². The van der Waals surface area contributed by atoms with Crippen molar-refractivity contribution < 1.29 is 52.0 Å². The van der Waals surface area contributed by atoms with Crippen molar-refractivity contribution in [1.82, 2.24) is 0 Å². The summed E-state index contributed by atoms with van der Waals surface area (Å²) in [5.41, 5.74) is -2.65. The maximum absolute atomic E-state index is 11.8. The second kappa shape index (κ2) is 17.4. The molecule has 0 amide bonds. The van der Waals surface area contributed by atoms with Gasteiger partial charge in [-0.15, -0.1) is 0 Å². The van der Waals surface area contributed by atoms with E-state index in [2.05, 4.69) is 4.74 Å². The Morgan fingerprint density at radius 1 is 0.838 bits per heavy atom. The van der Waals surface area contributed by atoms with Gasteiger partial charge in [-0.1, -0.05) is 13.8 Å². The van der Waals surface area contributed by atoms with Gasteiger partial charge in [0, 0.05) is 28.1 Å². The number of esters is 2. The minimum atomic E-state index is -4.05. The molecule has 0 aliphatic heterocycles. The van der Waals surface area contributed by atoms with Crippen LogP contribution in [0.3, 0.4) is 0 Å². The highest BCUT2D eigenvalue weighted by Crippen LogP contribution is 2.43. The van der Waals surface area contributed by atoms with Crippen molar-refractivity contribution >= 4 is 49.7 Å². The predicted octanol–water partition coefficient (Wildman–Crippen LogP) is 3.55. The maximum Gasteiger partial charge on any atom is 0.328 e. The predicted molar refractivity (Wildman–Crippen MR) is 148 cm³/mol. The lowest BCUT2D eigenvalue weighted by molar-refractivity contribution is -0.150. The molecule has 0 saturated carbocycles. The van der Waals surface area contributed by atoms with Crippen LogP contribution in [-0.2, 0) is 39.0 Å². The Hall–Kier alpha value is -0.260. The van der Waals surface area contributed by atoms with Crippen LogP contribution in [0.5, 0.6) is 0 Å². The summed E-state index contributed by atoms with van der Waals surface area (Å²) in [7, 11) is -6.54. The van der Waals surface area contributed by atoms with Crippen LogP contribution in [0, 0.1) is 10.8 Å². The van der Waals surface area contributed by atoms with E-state index in [9.17, 15) is 22.9 Å². The van der Waals surface area contributed by atoms with Crippen molar-refractivity contribution in [3.8, 4) is 0 Å². The van der Waals surface area contributed by atoms with Gasteiger partial charge in [0.2, 0.25) is 0 Å². The van der Waals surface area contributed by atoms with E-state index in [0.717, 1.165) is 12.2 Å². The summed E-state index contributed by atoms with van der Waals surface area (Å²) in [6.45, 7) is 10.0. The summed E-state index contributed by atoms with van der Waals surface area (Å²) in [6.07, 6.45) is 1.99. The molecule has 0 rings (SSSR count). The zero-order valence-electron chi connectivity index (χ0n) is 23.2. The van der Waals surface area contributed by atoms with Crippen LogP contribution in [-0.4, -0.2) is 84.3 Å². The Balaban J connectivity index is 0. The molecule has 0 aromatic rings. The number of methoxy groups -OCH3 is 2. The van der Waals surface area contributed by atoms with E-state index in [0.29, 0.717) is 30.8 Å². The van der Waals surface area contributed by atoms with Crippen LogP contribution in [0.15, 0.2) is 0 Å². The molecule has 0 aromatic carbocycles. The first kappa shape index (κ1) is 38.9. The third-order valence-corrected chi connectivity index (χ3v) is 11.6. The summed E-state index contributed by atoms with van der Waals surface area (Å²) in [5.74, 6) is 1.28. The second-order valence-electron chi connectivity index (χ2n) is 10.3. The standard InChI is InChI=1S/C11H23O6PS.C11H23O5PS/c1-9(18(13,14)15)6-5-7-19(16)8-11(2,3)10(12)17-4;1-9(17(13,14)15)6-5-7-18-8-11(2,3)10(12)16-4/h9H,5-8H2,1-4H3,(H2,13,14,15);9H,5-8H2,1-4H3,(H2,13,14,15). The van der Waals surface area contributed by atoms with E-state index in [-0.39, 0.29) is 11.7 Å². The van der Waals surface area contributed by atoms with Crippen LogP contribution in [0.4, 0.5) is 0 Å². The van der Waals surface area contributed by atoms with Crippen LogP contribution < -0.4 is 0 Å². The first-order chi connectivity index (χ1) is 16.6. The van der Waals surface area contributed by atoms with Crippen LogP contribution in [0.1, 0.15) is 67.2 Å². The monoisotopic (exact) mass is 612 g/mol. The van der Waals surface area contributed by atoms with Gasteiger partial charge >= 0.3 is 27.1 Å². The van der Waals surface area contributed by atoms with Crippen molar-refractivity contribution in [2.75, 3.05) is 37.2 Å². The molecule has 0 spiro atoms. The largest absolute Gasteiger partial charge is 0.469 e. The highest BCUT2D eigenvalue weighted by Gasteiger charge is 2.31. The van der Waals surface area contributed by atoms with Crippen molar-refractivity contribution in [3.05, 3.63) is 0 Å². The smallest absolute Gasteiger partial charge is 0.328 e. The third-order valence-electron chi connectivity index (χ3n) is 5.51. The molecular formula is C22H46O11P2S2. The topological polar surface area (TPSA) is 185 Å². The number of ether oxygens (including phenoxy) is 2. The van der Waals surface area contributed by atoms with Gasteiger partial charge in [0.25, 0.3) is 0 Å². The van der Waals surface area contributed by atoms with Crippen molar-refractivity contribution in [2.45, 2.75) is 78.5 Å². The zero-order valence-corrected chi connectivity index (χ0v) is 26.6. The summed E-state index contributed by atoms with van der Waals surface area (Å²) < 4.78 is 43.0. The molecule has 3 atom stereocenters. The quantitative estimate of drug-likeness (QED) is 0.113. The van der Waals surface area contributed by atoms with Gasteiger partial charge in [0.1, 0.15) is 0 Å². The summed E-state index contributed by atoms with van der Waals surface area (Å²) >= 11 is 1.60. The van der Waals surface area contributed by atoms with Crippen LogP contribution in [0.2, 0.25) is 0 Å². The normalized spacial score (nSPS) is 15.1. The summed E-state index contributed by atoms with van der Waals surface area (Å²) in [6, 6.07) is 0. The van der Waals surface area contributed by atoms with E-state index in [1.807, 2.05) is 13.8 Å². The number of carbonyl (C=O) groups is 2. The minimum Gasteiger partial charge on any atom is -0.469 e. The first-order valence-electron chi connectivity index (χ1n) is 11.8. The molecule has 222 valence electrons. The molecule has 0 aliphatic rings. The molecule has 4 N–H and O–H groups in total. The van der Waals surface area contributed by atoms with Crippen molar-refractivity contribution in [2.24, 2.45) is 10.8 Å². The lowest BCUT2D eigenvalue weighted by Gasteiger charge is -2.20. The molecule has 11 nitrogen and oxygen atoms in total. The Labute approximate surface area is 228 Å². The zero-order chi connectivity index (χ0) is 29.7. The number of thioether (sulfide) groups is 1. The molecule has 0 aromatic heterocycles. The second-order valence-corrected chi connectivity index (χ2v) is 17.1. The number of hydrogen-bond acceptors (Lipinski definition) is 8. The van der Waals surface area contributed by atoms with Gasteiger partial charge in [0.15, 0.2) is 0 Å². The molecule has 15 heteroatoms. The first-order valence-corrected chi connectivity index (χ1v) is 17.8. The van der Waals surface area contributed by atoms with Gasteiger partial charge in [-0.3, -0.25) is 22.9 Å². The SMILES string of the molecule is COC(=O)C(C)(C)CS(=O)CCCC(C)P(=O)(O)O.COC(=O)C(C)(C)CSCCCC(C)P(=O)(O)O. The molecular weight excluding hydrogens is 566 g/mol. The Bertz CT molecular complexity index is 821. The maximum atomic E-state index is 11.8. The summed E-state index contributed by atoms with van der Waals surface area (Å²) in [5, 5.41) is 0. The molecule has 0 bridgehead atoms. The molecule has 37 heavy (non-hydrogen) atoms. The highest BCUT2D eigenvalue weighted by molar-refractivity contribution is 7.99. The third kappa shape index (κ3) is 17.9. The average molecular weight is 613 g/mol. The summed E-state index contributed by atoms with van der Waals surface area (Å²) in [4.78, 5) is 58.5. The Morgan fingerprint density at radius 3 is 1.65 bits per heavy atom. The number of rotatable bonds is 16. The molecule has 0 heterocycles.